The van der Waals surface area contributed by atoms with Gasteiger partial charge in [0.1, 0.15) is 36.3 Å². The molecule has 0 bridgehead atoms. The molecule has 61 heavy (non-hydrogen) atoms. The molecule has 27 heteroatoms. The molecule has 0 rings (SSSR count). The summed E-state index contributed by atoms with van der Waals surface area (Å²) in [7, 11) is 0. The fraction of sp³-hybridized carbons (Fsp3) is 0.647. The van der Waals surface area contributed by atoms with E-state index in [4.69, 9.17) is 39.5 Å². The quantitative estimate of drug-likeness (QED) is 0.0170. The summed E-state index contributed by atoms with van der Waals surface area (Å²) in [4.78, 5) is 134. The average molecular weight is 889 g/mol. The number of nitrogens with two attached hydrogens (primary N) is 6. The minimum Gasteiger partial charge on any atom is -0.481 e. The number of carbonyl (C=O) groups is 10. The molecule has 6 atom stereocenters. The predicted octanol–water partition coefficient (Wildman–Crippen LogP) is -5.74. The van der Waals surface area contributed by atoms with Crippen LogP contribution in [0.4, 0.5) is 0 Å². The van der Waals surface area contributed by atoms with E-state index in [-0.39, 0.29) is 75.7 Å². The van der Waals surface area contributed by atoms with E-state index in [0.717, 1.165) is 6.92 Å². The normalized spacial score (nSPS) is 13.5. The zero-order valence-electron chi connectivity index (χ0n) is 34.1. The van der Waals surface area contributed by atoms with Gasteiger partial charge in [0, 0.05) is 39.3 Å². The Bertz CT molecular complexity index is 1610. The molecule has 26 nitrogen and oxygen atoms in total. The van der Waals surface area contributed by atoms with Gasteiger partial charge in [-0.2, -0.15) is 11.8 Å². The maximum atomic E-state index is 13.8. The molecule has 0 aliphatic rings. The molecule has 0 spiro atoms. The van der Waals surface area contributed by atoms with Gasteiger partial charge >= 0.3 is 11.9 Å². The van der Waals surface area contributed by atoms with Gasteiger partial charge < -0.3 is 76.5 Å². The molecule has 8 amide bonds. The molecular weight excluding hydrogens is 829 g/mol. The number of guanidine groups is 2. The number of amides is 8. The third kappa shape index (κ3) is 25.6. The highest BCUT2D eigenvalue weighted by atomic mass is 32.2. The van der Waals surface area contributed by atoms with Crippen LogP contribution >= 0.6 is 11.8 Å². The van der Waals surface area contributed by atoms with E-state index < -0.39 is 121 Å². The summed E-state index contributed by atoms with van der Waals surface area (Å²) >= 11 is 1.27. The maximum absolute atomic E-state index is 13.8. The van der Waals surface area contributed by atoms with E-state index in [0.29, 0.717) is 0 Å². The number of rotatable bonds is 32. The fourth-order valence-electron chi connectivity index (χ4n) is 5.30. The van der Waals surface area contributed by atoms with E-state index in [1.54, 1.807) is 6.26 Å². The lowest BCUT2D eigenvalue weighted by atomic mass is 10.0. The van der Waals surface area contributed by atoms with Gasteiger partial charge in [0.2, 0.25) is 47.3 Å². The molecule has 0 heterocycles. The molecule has 0 radical (unpaired) electrons. The maximum Gasteiger partial charge on any atom is 0.303 e. The molecule has 0 aromatic carbocycles. The summed E-state index contributed by atoms with van der Waals surface area (Å²) in [5.74, 6) is -10.1. The van der Waals surface area contributed by atoms with Gasteiger partial charge in [-0.05, 0) is 63.4 Å². The zero-order valence-corrected chi connectivity index (χ0v) is 34.9. The van der Waals surface area contributed by atoms with Crippen molar-refractivity contribution in [2.45, 2.75) is 114 Å². The molecule has 0 aliphatic heterocycles. The Morgan fingerprint density at radius 3 is 1.15 bits per heavy atom. The first kappa shape index (κ1) is 54.6. The van der Waals surface area contributed by atoms with Crippen LogP contribution in [0.2, 0.25) is 0 Å². The molecular formula is C34H60N14O12S. The fourth-order valence-corrected chi connectivity index (χ4v) is 5.77. The summed E-state index contributed by atoms with van der Waals surface area (Å²) in [5, 5.41) is 32.8. The molecule has 0 aromatic rings. The lowest BCUT2D eigenvalue weighted by molar-refractivity contribution is -0.140. The number of hydrogen-bond donors (Lipinski definition) is 14. The Balaban J connectivity index is 6.52. The summed E-state index contributed by atoms with van der Waals surface area (Å²) < 4.78 is 0. The van der Waals surface area contributed by atoms with Crippen molar-refractivity contribution in [3.05, 3.63) is 0 Å². The second-order valence-electron chi connectivity index (χ2n) is 13.5. The summed E-state index contributed by atoms with van der Waals surface area (Å²) in [6.07, 6.45) is -0.914. The summed E-state index contributed by atoms with van der Waals surface area (Å²) in [6, 6.07) is -8.59. The van der Waals surface area contributed by atoms with Crippen LogP contribution in [-0.4, -0.2) is 143 Å². The number of aliphatic imine (C=N–C) groups is 2. The molecule has 0 unspecified atom stereocenters. The van der Waals surface area contributed by atoms with Crippen LogP contribution < -0.4 is 66.3 Å². The van der Waals surface area contributed by atoms with E-state index in [9.17, 15) is 53.1 Å². The van der Waals surface area contributed by atoms with Gasteiger partial charge in [-0.1, -0.05) is 0 Å². The molecule has 344 valence electrons. The molecule has 0 aromatic heterocycles. The van der Waals surface area contributed by atoms with Crippen LogP contribution in [0.25, 0.3) is 0 Å². The predicted molar refractivity (Wildman–Crippen MR) is 221 cm³/mol. The Labute approximate surface area is 355 Å². The van der Waals surface area contributed by atoms with E-state index >= 15 is 0 Å². The molecule has 0 saturated carbocycles. The largest absolute Gasteiger partial charge is 0.481 e. The number of primary amides is 2. The van der Waals surface area contributed by atoms with Crippen molar-refractivity contribution < 1.29 is 58.2 Å². The SMILES string of the molecule is CSCC[C@H](NC(=O)[C@H](CCC(=O)O)NC(=O)[C@H](CCC(=O)O)NC(C)=O)C(=O)N[C@H](CCC(N)=O)C(=O)N[C@@H](CCCN=C(N)N)C(=O)N[C@@H](CCCN=C(N)N)C(N)=O. The Kier molecular flexibility index (Phi) is 26.6. The lowest BCUT2D eigenvalue weighted by Gasteiger charge is -2.27. The molecule has 0 saturated heterocycles. The third-order valence-electron chi connectivity index (χ3n) is 8.36. The van der Waals surface area contributed by atoms with Crippen molar-refractivity contribution in [2.75, 3.05) is 25.1 Å². The smallest absolute Gasteiger partial charge is 0.303 e. The Morgan fingerprint density at radius 1 is 0.492 bits per heavy atom. The number of carboxylic acids is 2. The summed E-state index contributed by atoms with van der Waals surface area (Å²) in [6.45, 7) is 1.22. The van der Waals surface area contributed by atoms with Gasteiger partial charge in [0.05, 0.1) is 0 Å². The summed E-state index contributed by atoms with van der Waals surface area (Å²) in [5.41, 5.74) is 32.3. The Hall–Kier alpha value is -6.41. The van der Waals surface area contributed by atoms with Crippen LogP contribution in [-0.2, 0) is 47.9 Å². The van der Waals surface area contributed by atoms with Gasteiger partial charge in [0.25, 0.3) is 0 Å². The topological polar surface area (TPSA) is 464 Å². The average Bonchev–Trinajstić information content (AvgIpc) is 3.16. The van der Waals surface area contributed by atoms with Crippen molar-refractivity contribution in [3.8, 4) is 0 Å². The highest BCUT2D eigenvalue weighted by molar-refractivity contribution is 7.98. The second kappa shape index (κ2) is 29.7. The van der Waals surface area contributed by atoms with Crippen LogP contribution in [0.15, 0.2) is 9.98 Å². The van der Waals surface area contributed by atoms with Crippen LogP contribution in [0.5, 0.6) is 0 Å². The van der Waals surface area contributed by atoms with Crippen molar-refractivity contribution >= 4 is 82.9 Å². The zero-order chi connectivity index (χ0) is 46.7. The van der Waals surface area contributed by atoms with Gasteiger partial charge in [-0.25, -0.2) is 0 Å². The number of carboxylic acid groups (broad SMARTS) is 2. The Morgan fingerprint density at radius 2 is 0.820 bits per heavy atom. The van der Waals surface area contributed by atoms with Gasteiger partial charge in [0.15, 0.2) is 11.9 Å². The van der Waals surface area contributed by atoms with E-state index in [1.807, 2.05) is 0 Å². The number of thioether (sulfide) groups is 1. The van der Waals surface area contributed by atoms with Crippen molar-refractivity contribution in [3.63, 3.8) is 0 Å². The van der Waals surface area contributed by atoms with Crippen LogP contribution in [0.3, 0.4) is 0 Å². The minimum atomic E-state index is -1.60. The van der Waals surface area contributed by atoms with Crippen LogP contribution in [0.1, 0.15) is 77.6 Å². The molecule has 20 N–H and O–H groups in total. The number of carbonyl (C=O) groups excluding carboxylic acids is 8. The number of nitrogens with one attached hydrogen (secondary N) is 6. The highest BCUT2D eigenvalue weighted by Gasteiger charge is 2.33. The molecule has 0 aliphatic carbocycles. The standard InChI is InChI=1S/C34H60N14O12S/c1-17(49)43-20(8-11-25(51)52)29(57)47-22(9-12-26(53)54)31(59)48-23(13-16-61-2)32(60)46-21(7-10-24(35)50)30(58)45-19(6-4-15-42-34(39)40)28(56)44-18(27(36)55)5-3-14-41-33(37)38/h18-23H,3-16H2,1-2H3,(H2,35,50)(H2,36,55)(H,43,49)(H,44,56)(H,45,58)(H,46,60)(H,47,57)(H,48,59)(H,51,52)(H,53,54)(H4,37,38,41)(H4,39,40,42)/t18-,19-,20-,21+,22-,23-/m0/s1. The first-order valence-corrected chi connectivity index (χ1v) is 20.4. The molecule has 0 fully saturated rings. The van der Waals surface area contributed by atoms with E-state index in [2.05, 4.69) is 41.9 Å². The van der Waals surface area contributed by atoms with E-state index in [1.165, 1.54) is 11.8 Å². The number of aliphatic carboxylic acids is 2. The minimum absolute atomic E-state index is 0.0222. The second-order valence-corrected chi connectivity index (χ2v) is 14.5. The van der Waals surface area contributed by atoms with Crippen LogP contribution in [0, 0.1) is 0 Å². The third-order valence-corrected chi connectivity index (χ3v) is 9.00. The van der Waals surface area contributed by atoms with Gasteiger partial charge in [-0.3, -0.25) is 57.9 Å². The monoisotopic (exact) mass is 888 g/mol. The highest BCUT2D eigenvalue weighted by Crippen LogP contribution is 2.09. The lowest BCUT2D eigenvalue weighted by Crippen LogP contribution is -2.59. The van der Waals surface area contributed by atoms with Crippen molar-refractivity contribution in [1.29, 1.82) is 0 Å². The van der Waals surface area contributed by atoms with Crippen molar-refractivity contribution in [2.24, 2.45) is 44.4 Å². The number of nitrogens with zero attached hydrogens (tertiary/aromatic N) is 2. The first-order valence-electron chi connectivity index (χ1n) is 19.0. The van der Waals surface area contributed by atoms with Crippen molar-refractivity contribution in [1.82, 2.24) is 31.9 Å². The first-order chi connectivity index (χ1) is 28.6. The number of hydrogen-bond acceptors (Lipinski definition) is 13. The van der Waals surface area contributed by atoms with Gasteiger partial charge in [-0.15, -0.1) is 0 Å².